The molecule has 0 radical (unpaired) electrons. The molecule has 1 N–H and O–H groups in total. The second kappa shape index (κ2) is 9.53. The number of nitrogens with one attached hydrogen (secondary N) is 1. The number of ether oxygens (including phenoxy) is 1. The van der Waals surface area contributed by atoms with E-state index < -0.39 is 0 Å². The molecular weight excluding hydrogens is 362 g/mol. The molecule has 3 rings (SSSR count). The highest BCUT2D eigenvalue weighted by Gasteiger charge is 2.32. The van der Waals surface area contributed by atoms with Crippen molar-refractivity contribution in [3.63, 3.8) is 0 Å². The Hall–Kier alpha value is -2.20. The molecule has 0 aliphatic carbocycles. The molecule has 0 amide bonds. The lowest BCUT2D eigenvalue weighted by Crippen LogP contribution is -2.58. The van der Waals surface area contributed by atoms with Crippen LogP contribution in [0.1, 0.15) is 39.7 Å². The Kier molecular flexibility index (Phi) is 7.07. The number of nitriles is 1. The fraction of sp³-hybridized carbons (Fsp3) is 0.565. The van der Waals surface area contributed by atoms with Gasteiger partial charge < -0.3 is 10.1 Å². The summed E-state index contributed by atoms with van der Waals surface area (Å²) in [4.78, 5) is 2.52. The zero-order valence-corrected chi connectivity index (χ0v) is 18.1. The Labute approximate surface area is 174 Å². The minimum absolute atomic E-state index is 0.0377. The molecule has 6 nitrogen and oxygen atoms in total. The first kappa shape index (κ1) is 21.5. The molecule has 1 aliphatic heterocycles. The van der Waals surface area contributed by atoms with Gasteiger partial charge in [0.2, 0.25) is 0 Å². The number of aryl methyl sites for hydroxylation is 1. The topological polar surface area (TPSA) is 66.1 Å². The first-order valence-corrected chi connectivity index (χ1v) is 10.5. The first-order valence-electron chi connectivity index (χ1n) is 10.5. The van der Waals surface area contributed by atoms with Gasteiger partial charge in [-0.3, -0.25) is 9.58 Å². The maximum Gasteiger partial charge on any atom is 0.0968 e. The van der Waals surface area contributed by atoms with Crippen LogP contribution in [-0.4, -0.2) is 52.1 Å². The predicted octanol–water partition coefficient (Wildman–Crippen LogP) is 3.44. The van der Waals surface area contributed by atoms with Gasteiger partial charge in [0.25, 0.3) is 0 Å². The van der Waals surface area contributed by atoms with Crippen molar-refractivity contribution in [1.29, 1.82) is 5.26 Å². The van der Waals surface area contributed by atoms with Crippen molar-refractivity contribution in [2.24, 2.45) is 0 Å². The summed E-state index contributed by atoms with van der Waals surface area (Å²) in [6.45, 7) is 13.0. The van der Waals surface area contributed by atoms with Crippen LogP contribution in [0.25, 0.3) is 11.3 Å². The average Bonchev–Trinajstić information content (AvgIpc) is 3.09. The molecule has 0 bridgehead atoms. The van der Waals surface area contributed by atoms with E-state index in [0.29, 0.717) is 13.0 Å². The number of hydrogen-bond donors (Lipinski definition) is 1. The van der Waals surface area contributed by atoms with Crippen molar-refractivity contribution in [3.05, 3.63) is 42.1 Å². The van der Waals surface area contributed by atoms with Crippen molar-refractivity contribution in [2.45, 2.75) is 65.0 Å². The number of nitrogens with zero attached hydrogens (tertiary/aromatic N) is 4. The fourth-order valence-electron chi connectivity index (χ4n) is 4.00. The SMILES string of the molecule is CC1CN(C(C)(C)CNCc2cn(CCC#N)nc2-c2ccccc2)CC(C)O1. The molecule has 29 heavy (non-hydrogen) atoms. The monoisotopic (exact) mass is 395 g/mol. The second-order valence-corrected chi connectivity index (χ2v) is 8.62. The summed E-state index contributed by atoms with van der Waals surface area (Å²) in [5.41, 5.74) is 3.29. The van der Waals surface area contributed by atoms with Crippen LogP contribution in [0.4, 0.5) is 0 Å². The standard InChI is InChI=1S/C23H33N5O/c1-18-14-27(15-19(2)29-18)23(3,4)17-25-13-21-16-28(12-8-11-24)26-22(21)20-9-6-5-7-10-20/h5-7,9-10,16,18-19,25H,8,12-15,17H2,1-4H3. The molecule has 2 unspecified atom stereocenters. The van der Waals surface area contributed by atoms with Crippen LogP contribution >= 0.6 is 0 Å². The first-order chi connectivity index (χ1) is 13.9. The summed E-state index contributed by atoms with van der Waals surface area (Å²) in [7, 11) is 0. The van der Waals surface area contributed by atoms with Crippen molar-refractivity contribution in [3.8, 4) is 17.3 Å². The van der Waals surface area contributed by atoms with Gasteiger partial charge in [-0.05, 0) is 27.7 Å². The molecule has 2 heterocycles. The van der Waals surface area contributed by atoms with Crippen LogP contribution in [0.2, 0.25) is 0 Å². The summed E-state index contributed by atoms with van der Waals surface area (Å²) >= 11 is 0. The van der Waals surface area contributed by atoms with Gasteiger partial charge in [-0.2, -0.15) is 10.4 Å². The van der Waals surface area contributed by atoms with E-state index in [0.717, 1.165) is 43.0 Å². The number of benzene rings is 1. The molecular formula is C23H33N5O. The molecule has 0 saturated carbocycles. The summed E-state index contributed by atoms with van der Waals surface area (Å²) in [5, 5.41) is 17.3. The highest BCUT2D eigenvalue weighted by Crippen LogP contribution is 2.23. The number of rotatable bonds is 8. The zero-order valence-electron chi connectivity index (χ0n) is 18.1. The smallest absolute Gasteiger partial charge is 0.0968 e. The van der Waals surface area contributed by atoms with E-state index in [-0.39, 0.29) is 17.7 Å². The average molecular weight is 396 g/mol. The Bertz CT molecular complexity index is 814. The van der Waals surface area contributed by atoms with Crippen LogP contribution in [0, 0.1) is 11.3 Å². The third-order valence-corrected chi connectivity index (χ3v) is 5.49. The van der Waals surface area contributed by atoms with Crippen molar-refractivity contribution in [2.75, 3.05) is 19.6 Å². The molecule has 1 aromatic heterocycles. The lowest BCUT2D eigenvalue weighted by atomic mass is 10.00. The minimum Gasteiger partial charge on any atom is -0.373 e. The van der Waals surface area contributed by atoms with Crippen LogP contribution < -0.4 is 5.32 Å². The van der Waals surface area contributed by atoms with E-state index in [1.165, 1.54) is 0 Å². The second-order valence-electron chi connectivity index (χ2n) is 8.62. The Morgan fingerprint density at radius 2 is 1.90 bits per heavy atom. The number of aromatic nitrogens is 2. The molecule has 1 saturated heterocycles. The summed E-state index contributed by atoms with van der Waals surface area (Å²) < 4.78 is 7.78. The van der Waals surface area contributed by atoms with Crippen molar-refractivity contribution >= 4 is 0 Å². The quantitative estimate of drug-likeness (QED) is 0.742. The molecule has 2 aromatic rings. The van der Waals surface area contributed by atoms with E-state index in [2.05, 4.69) is 62.3 Å². The van der Waals surface area contributed by atoms with Gasteiger partial charge in [0.05, 0.1) is 36.9 Å². The van der Waals surface area contributed by atoms with Crippen LogP contribution in [0.3, 0.4) is 0 Å². The van der Waals surface area contributed by atoms with Gasteiger partial charge in [0, 0.05) is 49.0 Å². The van der Waals surface area contributed by atoms with Crippen molar-refractivity contribution < 1.29 is 4.74 Å². The summed E-state index contributed by atoms with van der Waals surface area (Å²) in [5.74, 6) is 0. The highest BCUT2D eigenvalue weighted by atomic mass is 16.5. The van der Waals surface area contributed by atoms with E-state index in [9.17, 15) is 0 Å². The van der Waals surface area contributed by atoms with E-state index >= 15 is 0 Å². The molecule has 2 atom stereocenters. The largest absolute Gasteiger partial charge is 0.373 e. The Morgan fingerprint density at radius 3 is 2.55 bits per heavy atom. The number of hydrogen-bond acceptors (Lipinski definition) is 5. The third kappa shape index (κ3) is 5.66. The fourth-order valence-corrected chi connectivity index (χ4v) is 4.00. The minimum atomic E-state index is 0.0377. The summed E-state index contributed by atoms with van der Waals surface area (Å²) in [6.07, 6.45) is 3.06. The normalized spacial score (nSPS) is 20.5. The number of morpholine rings is 1. The summed E-state index contributed by atoms with van der Waals surface area (Å²) in [6, 6.07) is 12.4. The Morgan fingerprint density at radius 1 is 1.21 bits per heavy atom. The van der Waals surface area contributed by atoms with Gasteiger partial charge in [-0.15, -0.1) is 0 Å². The van der Waals surface area contributed by atoms with E-state index in [1.807, 2.05) is 22.9 Å². The molecule has 1 aliphatic rings. The van der Waals surface area contributed by atoms with Crippen LogP contribution in [-0.2, 0) is 17.8 Å². The van der Waals surface area contributed by atoms with Crippen LogP contribution in [0.5, 0.6) is 0 Å². The molecule has 1 fully saturated rings. The Balaban J connectivity index is 1.68. The third-order valence-electron chi connectivity index (χ3n) is 5.49. The van der Waals surface area contributed by atoms with E-state index in [1.54, 1.807) is 0 Å². The van der Waals surface area contributed by atoms with E-state index in [4.69, 9.17) is 15.1 Å². The maximum absolute atomic E-state index is 8.90. The van der Waals surface area contributed by atoms with Gasteiger partial charge in [0.1, 0.15) is 0 Å². The zero-order chi connectivity index (χ0) is 20.9. The van der Waals surface area contributed by atoms with Gasteiger partial charge in [-0.1, -0.05) is 30.3 Å². The van der Waals surface area contributed by atoms with Gasteiger partial charge in [-0.25, -0.2) is 0 Å². The van der Waals surface area contributed by atoms with Crippen molar-refractivity contribution in [1.82, 2.24) is 20.0 Å². The lowest BCUT2D eigenvalue weighted by molar-refractivity contribution is -0.0952. The van der Waals surface area contributed by atoms with Crippen LogP contribution in [0.15, 0.2) is 36.5 Å². The molecule has 0 spiro atoms. The highest BCUT2D eigenvalue weighted by molar-refractivity contribution is 5.62. The molecule has 6 heteroatoms. The maximum atomic E-state index is 8.90. The predicted molar refractivity (Wildman–Crippen MR) is 115 cm³/mol. The lowest BCUT2D eigenvalue weighted by Gasteiger charge is -2.45. The van der Waals surface area contributed by atoms with Gasteiger partial charge >= 0.3 is 0 Å². The molecule has 156 valence electrons. The van der Waals surface area contributed by atoms with Gasteiger partial charge in [0.15, 0.2) is 0 Å². The molecule has 1 aromatic carbocycles.